The third-order valence-corrected chi connectivity index (χ3v) is 8.32. The molecule has 2 heterocycles. The van der Waals surface area contributed by atoms with Crippen molar-refractivity contribution in [1.82, 2.24) is 24.6 Å². The van der Waals surface area contributed by atoms with Crippen LogP contribution in [0.15, 0.2) is 59.8 Å². The lowest BCUT2D eigenvalue weighted by Crippen LogP contribution is -2.55. The van der Waals surface area contributed by atoms with E-state index in [1.165, 1.54) is 12.8 Å². The minimum Gasteiger partial charge on any atom is -0.497 e. The summed E-state index contributed by atoms with van der Waals surface area (Å²) in [5, 5.41) is 9.79. The summed E-state index contributed by atoms with van der Waals surface area (Å²) >= 11 is 1.61. The van der Waals surface area contributed by atoms with Crippen LogP contribution in [0.5, 0.6) is 5.75 Å². The zero-order chi connectivity index (χ0) is 28.3. The first-order valence-electron chi connectivity index (χ1n) is 14.4. The van der Waals surface area contributed by atoms with Crippen molar-refractivity contribution in [3.8, 4) is 22.8 Å². The Morgan fingerprint density at radius 1 is 0.925 bits per heavy atom. The Labute approximate surface area is 242 Å². The SMILES string of the molecule is CCCCCCC(=O)N1CCN(C(=O)CCCSc2nnc(-c3ccccc3)n2-c2ccc(OC)cc2)CC1C. The van der Waals surface area contributed by atoms with E-state index in [-0.39, 0.29) is 17.9 Å². The maximum absolute atomic E-state index is 13.0. The van der Waals surface area contributed by atoms with Crippen molar-refractivity contribution in [2.45, 2.75) is 70.0 Å². The molecule has 9 heteroatoms. The van der Waals surface area contributed by atoms with Crippen LogP contribution in [-0.4, -0.2) is 74.9 Å². The van der Waals surface area contributed by atoms with Crippen LogP contribution in [0.25, 0.3) is 17.1 Å². The average Bonchev–Trinajstić information content (AvgIpc) is 3.41. The van der Waals surface area contributed by atoms with Gasteiger partial charge in [0.15, 0.2) is 11.0 Å². The lowest BCUT2D eigenvalue weighted by molar-refractivity contribution is -0.142. The van der Waals surface area contributed by atoms with Crippen LogP contribution < -0.4 is 4.74 Å². The van der Waals surface area contributed by atoms with E-state index in [0.29, 0.717) is 32.5 Å². The quantitative estimate of drug-likeness (QED) is 0.192. The molecule has 4 rings (SSSR count). The Kier molecular flexibility index (Phi) is 11.0. The van der Waals surface area contributed by atoms with E-state index >= 15 is 0 Å². The first-order chi connectivity index (χ1) is 19.5. The van der Waals surface area contributed by atoms with Crippen molar-refractivity contribution in [3.63, 3.8) is 0 Å². The predicted molar refractivity (Wildman–Crippen MR) is 160 cm³/mol. The number of ether oxygens (including phenoxy) is 1. The normalized spacial score (nSPS) is 15.3. The van der Waals surface area contributed by atoms with E-state index in [2.05, 4.69) is 28.6 Å². The van der Waals surface area contributed by atoms with Crippen LogP contribution in [0.1, 0.15) is 58.8 Å². The van der Waals surface area contributed by atoms with Crippen molar-refractivity contribution in [1.29, 1.82) is 0 Å². The summed E-state index contributed by atoms with van der Waals surface area (Å²) in [5.41, 5.74) is 1.94. The van der Waals surface area contributed by atoms with E-state index in [4.69, 9.17) is 4.74 Å². The van der Waals surface area contributed by atoms with Crippen LogP contribution in [0, 0.1) is 0 Å². The minimum absolute atomic E-state index is 0.0604. The van der Waals surface area contributed by atoms with Gasteiger partial charge in [0, 0.05) is 55.5 Å². The molecular weight excluding hydrogens is 522 g/mol. The minimum atomic E-state index is 0.0604. The molecule has 1 unspecified atom stereocenters. The smallest absolute Gasteiger partial charge is 0.222 e. The Bertz CT molecular complexity index is 1230. The Balaban J connectivity index is 1.31. The first-order valence-corrected chi connectivity index (χ1v) is 15.4. The zero-order valence-corrected chi connectivity index (χ0v) is 24.7. The van der Waals surface area contributed by atoms with E-state index < -0.39 is 0 Å². The third kappa shape index (κ3) is 7.65. The number of hydrogen-bond donors (Lipinski definition) is 0. The fourth-order valence-electron chi connectivity index (χ4n) is 5.05. The van der Waals surface area contributed by atoms with Crippen molar-refractivity contribution >= 4 is 23.6 Å². The molecular formula is C31H41N5O3S. The summed E-state index contributed by atoms with van der Waals surface area (Å²) in [4.78, 5) is 29.5. The molecule has 40 heavy (non-hydrogen) atoms. The summed E-state index contributed by atoms with van der Waals surface area (Å²) in [6.07, 6.45) is 6.24. The van der Waals surface area contributed by atoms with Crippen molar-refractivity contribution < 1.29 is 14.3 Å². The largest absolute Gasteiger partial charge is 0.497 e. The standard InChI is InChI=1S/C31H41N5O3S/c1-4-5-6-10-14-29(38)35-21-20-34(23-24(35)2)28(37)15-11-22-40-31-33-32-30(25-12-8-7-9-13-25)36(31)26-16-18-27(39-3)19-17-26/h7-9,12-13,16-19,24H,4-6,10-11,14-15,20-23H2,1-3H3. The molecule has 0 saturated carbocycles. The third-order valence-electron chi connectivity index (χ3n) is 7.31. The highest BCUT2D eigenvalue weighted by atomic mass is 32.2. The second-order valence-electron chi connectivity index (χ2n) is 10.2. The van der Waals surface area contributed by atoms with Crippen LogP contribution in [0.4, 0.5) is 0 Å². The van der Waals surface area contributed by atoms with Gasteiger partial charge in [-0.2, -0.15) is 0 Å². The summed E-state index contributed by atoms with van der Waals surface area (Å²) < 4.78 is 7.39. The van der Waals surface area contributed by atoms with Gasteiger partial charge in [0.2, 0.25) is 11.8 Å². The fourth-order valence-corrected chi connectivity index (χ4v) is 5.94. The number of amides is 2. The van der Waals surface area contributed by atoms with E-state index in [1.807, 2.05) is 64.4 Å². The number of benzene rings is 2. The molecule has 0 radical (unpaired) electrons. The highest BCUT2D eigenvalue weighted by molar-refractivity contribution is 7.99. The van der Waals surface area contributed by atoms with Crippen molar-refractivity contribution in [3.05, 3.63) is 54.6 Å². The fraction of sp³-hybridized carbons (Fsp3) is 0.484. The molecule has 1 aromatic heterocycles. The molecule has 2 amide bonds. The molecule has 1 aliphatic heterocycles. The number of hydrogen-bond acceptors (Lipinski definition) is 6. The number of carbonyl (C=O) groups excluding carboxylic acids is 2. The topological polar surface area (TPSA) is 80.6 Å². The van der Waals surface area contributed by atoms with E-state index in [0.717, 1.165) is 53.0 Å². The van der Waals surface area contributed by atoms with Crippen LogP contribution in [-0.2, 0) is 9.59 Å². The average molecular weight is 564 g/mol. The van der Waals surface area contributed by atoms with Gasteiger partial charge < -0.3 is 14.5 Å². The second kappa shape index (κ2) is 14.9. The number of thioether (sulfide) groups is 1. The zero-order valence-electron chi connectivity index (χ0n) is 23.9. The number of unbranched alkanes of at least 4 members (excludes halogenated alkanes) is 3. The lowest BCUT2D eigenvalue weighted by Gasteiger charge is -2.40. The summed E-state index contributed by atoms with van der Waals surface area (Å²) in [6.45, 7) is 6.08. The van der Waals surface area contributed by atoms with Gasteiger partial charge in [0.25, 0.3) is 0 Å². The summed E-state index contributed by atoms with van der Waals surface area (Å²) in [5.74, 6) is 2.70. The summed E-state index contributed by atoms with van der Waals surface area (Å²) in [7, 11) is 1.65. The maximum Gasteiger partial charge on any atom is 0.222 e. The molecule has 3 aromatic rings. The number of carbonyl (C=O) groups is 2. The monoisotopic (exact) mass is 563 g/mol. The number of aromatic nitrogens is 3. The van der Waals surface area contributed by atoms with Gasteiger partial charge in [-0.3, -0.25) is 14.2 Å². The molecule has 1 aliphatic rings. The van der Waals surface area contributed by atoms with Crippen LogP contribution in [0.2, 0.25) is 0 Å². The Hall–Kier alpha value is -3.33. The molecule has 2 aromatic carbocycles. The van der Waals surface area contributed by atoms with Gasteiger partial charge >= 0.3 is 0 Å². The van der Waals surface area contributed by atoms with Crippen LogP contribution >= 0.6 is 11.8 Å². The Morgan fingerprint density at radius 3 is 2.38 bits per heavy atom. The molecule has 8 nitrogen and oxygen atoms in total. The number of piperazine rings is 1. The van der Waals surface area contributed by atoms with Gasteiger partial charge in [-0.1, -0.05) is 68.3 Å². The highest BCUT2D eigenvalue weighted by Crippen LogP contribution is 2.29. The van der Waals surface area contributed by atoms with E-state index in [1.54, 1.807) is 18.9 Å². The molecule has 1 fully saturated rings. The van der Waals surface area contributed by atoms with Crippen LogP contribution in [0.3, 0.4) is 0 Å². The van der Waals surface area contributed by atoms with Gasteiger partial charge in [-0.25, -0.2) is 0 Å². The predicted octanol–water partition coefficient (Wildman–Crippen LogP) is 5.84. The Morgan fingerprint density at radius 2 is 1.68 bits per heavy atom. The van der Waals surface area contributed by atoms with Crippen molar-refractivity contribution in [2.75, 3.05) is 32.5 Å². The number of rotatable bonds is 13. The molecule has 0 bridgehead atoms. The molecule has 214 valence electrons. The summed E-state index contributed by atoms with van der Waals surface area (Å²) in [6, 6.07) is 17.9. The molecule has 0 aliphatic carbocycles. The maximum atomic E-state index is 13.0. The molecule has 0 spiro atoms. The van der Waals surface area contributed by atoms with Crippen molar-refractivity contribution in [2.24, 2.45) is 0 Å². The number of methoxy groups -OCH3 is 1. The van der Waals surface area contributed by atoms with Gasteiger partial charge in [-0.05, 0) is 44.0 Å². The lowest BCUT2D eigenvalue weighted by atomic mass is 10.1. The molecule has 1 atom stereocenters. The van der Waals surface area contributed by atoms with E-state index in [9.17, 15) is 9.59 Å². The number of nitrogens with zero attached hydrogens (tertiary/aromatic N) is 5. The van der Waals surface area contributed by atoms with Gasteiger partial charge in [-0.15, -0.1) is 10.2 Å². The van der Waals surface area contributed by atoms with Gasteiger partial charge in [0.1, 0.15) is 5.75 Å². The molecule has 1 saturated heterocycles. The van der Waals surface area contributed by atoms with Gasteiger partial charge in [0.05, 0.1) is 7.11 Å². The second-order valence-corrected chi connectivity index (χ2v) is 11.3. The highest BCUT2D eigenvalue weighted by Gasteiger charge is 2.29. The first kappa shape index (κ1) is 29.6. The molecule has 0 N–H and O–H groups in total.